The van der Waals surface area contributed by atoms with Gasteiger partial charge in [-0.1, -0.05) is 49.6 Å². The van der Waals surface area contributed by atoms with Crippen molar-refractivity contribution in [2.75, 3.05) is 0 Å². The summed E-state index contributed by atoms with van der Waals surface area (Å²) in [6.07, 6.45) is 3.30. The number of benzene rings is 2. The molecule has 0 bridgehead atoms. The Morgan fingerprint density at radius 3 is 2.50 bits per heavy atom. The van der Waals surface area contributed by atoms with Crippen molar-refractivity contribution in [3.05, 3.63) is 53.6 Å². The van der Waals surface area contributed by atoms with Gasteiger partial charge in [-0.3, -0.25) is 0 Å². The van der Waals surface area contributed by atoms with E-state index in [4.69, 9.17) is 11.6 Å². The van der Waals surface area contributed by atoms with E-state index in [-0.39, 0.29) is 5.88 Å². The van der Waals surface area contributed by atoms with Crippen LogP contribution in [-0.2, 0) is 6.54 Å². The molecular weight excluding hydrogens is 322 g/mol. The third kappa shape index (κ3) is 3.44. The number of azo groups is 1. The molecular formula is C19H20ClN3O. The van der Waals surface area contributed by atoms with Gasteiger partial charge in [-0.2, -0.15) is 5.11 Å². The van der Waals surface area contributed by atoms with Crippen molar-refractivity contribution in [3.8, 4) is 5.88 Å². The molecule has 0 radical (unpaired) electrons. The lowest BCUT2D eigenvalue weighted by molar-refractivity contribution is 0.417. The van der Waals surface area contributed by atoms with Crippen molar-refractivity contribution < 1.29 is 5.11 Å². The van der Waals surface area contributed by atoms with Gasteiger partial charge in [-0.15, -0.1) is 5.11 Å². The molecule has 0 atom stereocenters. The fraction of sp³-hybridized carbons (Fsp3) is 0.263. The van der Waals surface area contributed by atoms with Gasteiger partial charge in [0, 0.05) is 17.0 Å². The molecule has 0 saturated heterocycles. The zero-order chi connectivity index (χ0) is 16.9. The minimum Gasteiger partial charge on any atom is -0.493 e. The van der Waals surface area contributed by atoms with Gasteiger partial charge in [-0.05, 0) is 36.8 Å². The van der Waals surface area contributed by atoms with E-state index in [2.05, 4.69) is 17.2 Å². The first kappa shape index (κ1) is 16.5. The zero-order valence-electron chi connectivity index (χ0n) is 13.6. The molecule has 0 amide bonds. The fourth-order valence-electron chi connectivity index (χ4n) is 2.73. The van der Waals surface area contributed by atoms with Crippen LogP contribution in [0.2, 0.25) is 5.02 Å². The van der Waals surface area contributed by atoms with Crippen LogP contribution in [0.4, 0.5) is 11.4 Å². The van der Waals surface area contributed by atoms with E-state index in [0.717, 1.165) is 36.7 Å². The molecule has 0 aliphatic rings. The molecule has 124 valence electrons. The Balaban J connectivity index is 1.97. The van der Waals surface area contributed by atoms with Crippen LogP contribution in [0, 0.1) is 0 Å². The van der Waals surface area contributed by atoms with E-state index in [0.29, 0.717) is 16.4 Å². The summed E-state index contributed by atoms with van der Waals surface area (Å²) in [6.45, 7) is 2.94. The summed E-state index contributed by atoms with van der Waals surface area (Å²) in [4.78, 5) is 0. The van der Waals surface area contributed by atoms with Crippen LogP contribution in [0.3, 0.4) is 0 Å². The van der Waals surface area contributed by atoms with Crippen LogP contribution in [-0.4, -0.2) is 9.67 Å². The van der Waals surface area contributed by atoms with Crippen molar-refractivity contribution in [2.24, 2.45) is 10.2 Å². The summed E-state index contributed by atoms with van der Waals surface area (Å²) in [5, 5.41) is 20.7. The van der Waals surface area contributed by atoms with Gasteiger partial charge in [-0.25, -0.2) is 0 Å². The molecule has 1 heterocycles. The molecule has 0 aliphatic carbocycles. The van der Waals surface area contributed by atoms with E-state index < -0.39 is 0 Å². The highest BCUT2D eigenvalue weighted by Crippen LogP contribution is 2.39. The monoisotopic (exact) mass is 341 g/mol. The third-order valence-corrected chi connectivity index (χ3v) is 4.25. The number of para-hydroxylation sites is 1. The highest BCUT2D eigenvalue weighted by molar-refractivity contribution is 6.30. The predicted octanol–water partition coefficient (Wildman–Crippen LogP) is 6.61. The normalized spacial score (nSPS) is 11.6. The molecule has 3 aromatic rings. The number of hydrogen-bond acceptors (Lipinski definition) is 3. The van der Waals surface area contributed by atoms with E-state index in [9.17, 15) is 5.11 Å². The van der Waals surface area contributed by atoms with Crippen LogP contribution in [0.15, 0.2) is 58.8 Å². The molecule has 1 aromatic heterocycles. The van der Waals surface area contributed by atoms with Gasteiger partial charge in [0.2, 0.25) is 5.88 Å². The average molecular weight is 342 g/mol. The molecule has 24 heavy (non-hydrogen) atoms. The number of rotatable bonds is 6. The van der Waals surface area contributed by atoms with Crippen molar-refractivity contribution in [3.63, 3.8) is 0 Å². The number of aromatic hydroxyl groups is 1. The molecule has 0 spiro atoms. The van der Waals surface area contributed by atoms with Gasteiger partial charge in [0.1, 0.15) is 0 Å². The SMILES string of the molecule is CCCCCn1c(O)c(N=Nc2ccc(Cl)cc2)c2ccccc21. The number of aromatic nitrogens is 1. The molecule has 0 fully saturated rings. The topological polar surface area (TPSA) is 49.9 Å². The Bertz CT molecular complexity index is 853. The summed E-state index contributed by atoms with van der Waals surface area (Å²) >= 11 is 5.88. The minimum atomic E-state index is 0.171. The van der Waals surface area contributed by atoms with Crippen LogP contribution < -0.4 is 0 Å². The minimum absolute atomic E-state index is 0.171. The summed E-state index contributed by atoms with van der Waals surface area (Å²) < 4.78 is 1.92. The molecule has 0 unspecified atom stereocenters. The highest BCUT2D eigenvalue weighted by atomic mass is 35.5. The fourth-order valence-corrected chi connectivity index (χ4v) is 2.86. The number of fused-ring (bicyclic) bond motifs is 1. The van der Waals surface area contributed by atoms with E-state index in [1.807, 2.05) is 28.8 Å². The Kier molecular flexibility index (Phi) is 5.16. The van der Waals surface area contributed by atoms with Crippen molar-refractivity contribution >= 4 is 33.9 Å². The molecule has 0 aliphatic heterocycles. The van der Waals surface area contributed by atoms with E-state index in [1.165, 1.54) is 0 Å². The maximum absolute atomic E-state index is 10.6. The van der Waals surface area contributed by atoms with Crippen LogP contribution in [0.1, 0.15) is 26.2 Å². The van der Waals surface area contributed by atoms with Gasteiger partial charge in [0.05, 0.1) is 11.2 Å². The lowest BCUT2D eigenvalue weighted by atomic mass is 10.2. The summed E-state index contributed by atoms with van der Waals surface area (Å²) in [7, 11) is 0. The lowest BCUT2D eigenvalue weighted by Gasteiger charge is -2.05. The Hall–Kier alpha value is -2.33. The first-order chi connectivity index (χ1) is 11.7. The Labute approximate surface area is 146 Å². The van der Waals surface area contributed by atoms with E-state index in [1.54, 1.807) is 24.3 Å². The van der Waals surface area contributed by atoms with Gasteiger partial charge < -0.3 is 9.67 Å². The predicted molar refractivity (Wildman–Crippen MR) is 98.8 cm³/mol. The molecule has 4 nitrogen and oxygen atoms in total. The first-order valence-corrected chi connectivity index (χ1v) is 8.56. The number of unbranched alkanes of at least 4 members (excludes halogenated alkanes) is 2. The Morgan fingerprint density at radius 2 is 1.75 bits per heavy atom. The smallest absolute Gasteiger partial charge is 0.220 e. The second-order valence-corrected chi connectivity index (χ2v) is 6.16. The van der Waals surface area contributed by atoms with Crippen molar-refractivity contribution in [1.82, 2.24) is 4.57 Å². The average Bonchev–Trinajstić information content (AvgIpc) is 2.87. The highest BCUT2D eigenvalue weighted by Gasteiger charge is 2.15. The summed E-state index contributed by atoms with van der Waals surface area (Å²) in [6, 6.07) is 15.0. The second-order valence-electron chi connectivity index (χ2n) is 5.72. The molecule has 5 heteroatoms. The van der Waals surface area contributed by atoms with Crippen LogP contribution in [0.5, 0.6) is 5.88 Å². The van der Waals surface area contributed by atoms with Crippen LogP contribution in [0.25, 0.3) is 10.9 Å². The van der Waals surface area contributed by atoms with Crippen molar-refractivity contribution in [1.29, 1.82) is 0 Å². The zero-order valence-corrected chi connectivity index (χ0v) is 14.4. The standard InChI is InChI=1S/C19H20ClN3O/c1-2-3-6-13-23-17-8-5-4-7-16(17)18(19(23)24)22-21-15-11-9-14(20)10-12-15/h4-5,7-12,24H,2-3,6,13H2,1H3. The molecule has 2 aromatic carbocycles. The summed E-state index contributed by atoms with van der Waals surface area (Å²) in [5.41, 5.74) is 2.19. The largest absolute Gasteiger partial charge is 0.493 e. The molecule has 3 rings (SSSR count). The number of halogens is 1. The quantitative estimate of drug-likeness (QED) is 0.398. The number of aryl methyl sites for hydroxylation is 1. The molecule has 1 N–H and O–H groups in total. The Morgan fingerprint density at radius 1 is 1.00 bits per heavy atom. The van der Waals surface area contributed by atoms with Crippen LogP contribution >= 0.6 is 11.6 Å². The van der Waals surface area contributed by atoms with Gasteiger partial charge in [0.15, 0.2) is 5.69 Å². The lowest BCUT2D eigenvalue weighted by Crippen LogP contribution is -1.96. The number of hydrogen-bond donors (Lipinski definition) is 1. The maximum atomic E-state index is 10.6. The maximum Gasteiger partial charge on any atom is 0.220 e. The third-order valence-electron chi connectivity index (χ3n) is 3.99. The number of nitrogens with zero attached hydrogens (tertiary/aromatic N) is 3. The second kappa shape index (κ2) is 7.49. The summed E-state index contributed by atoms with van der Waals surface area (Å²) in [5.74, 6) is 0.171. The molecule has 0 saturated carbocycles. The van der Waals surface area contributed by atoms with Gasteiger partial charge >= 0.3 is 0 Å². The van der Waals surface area contributed by atoms with Crippen molar-refractivity contribution in [2.45, 2.75) is 32.7 Å². The van der Waals surface area contributed by atoms with Gasteiger partial charge in [0.25, 0.3) is 0 Å². The first-order valence-electron chi connectivity index (χ1n) is 8.18. The van der Waals surface area contributed by atoms with E-state index >= 15 is 0 Å².